The van der Waals surface area contributed by atoms with Crippen LogP contribution in [0.1, 0.15) is 12.0 Å². The van der Waals surface area contributed by atoms with Crippen molar-refractivity contribution >= 4 is 29.1 Å². The molecular formula is C18H17ClN2O2. The first kappa shape index (κ1) is 15.6. The third kappa shape index (κ3) is 3.71. The van der Waals surface area contributed by atoms with Crippen LogP contribution in [0.3, 0.4) is 0 Å². The number of anilines is 1. The normalized spacial score (nSPS) is 17.3. The third-order valence-electron chi connectivity index (χ3n) is 3.93. The average Bonchev–Trinajstić information content (AvgIpc) is 2.92. The summed E-state index contributed by atoms with van der Waals surface area (Å²) in [6.07, 6.45) is 0.239. The Balaban J connectivity index is 1.63. The molecule has 1 fully saturated rings. The summed E-state index contributed by atoms with van der Waals surface area (Å²) in [7, 11) is 0. The summed E-state index contributed by atoms with van der Waals surface area (Å²) in [5.74, 6) is -0.502. The minimum absolute atomic E-state index is 0.00756. The lowest BCUT2D eigenvalue weighted by Crippen LogP contribution is -2.28. The standard InChI is InChI=1S/C18H17ClN2O2/c19-15-8-4-5-9-16(15)20-18(23)14-10-17(22)21(12-14)11-13-6-2-1-3-7-13/h1-9,14H,10-12H2,(H,20,23). The number of hydrogen-bond donors (Lipinski definition) is 1. The van der Waals surface area contributed by atoms with E-state index in [0.717, 1.165) is 5.56 Å². The van der Waals surface area contributed by atoms with Crippen molar-refractivity contribution in [2.75, 3.05) is 11.9 Å². The highest BCUT2D eigenvalue weighted by Gasteiger charge is 2.34. The van der Waals surface area contributed by atoms with Crippen molar-refractivity contribution in [1.82, 2.24) is 4.90 Å². The summed E-state index contributed by atoms with van der Waals surface area (Å²) in [6.45, 7) is 0.972. The molecule has 0 radical (unpaired) electrons. The summed E-state index contributed by atoms with van der Waals surface area (Å²) in [4.78, 5) is 26.2. The van der Waals surface area contributed by atoms with Gasteiger partial charge in [-0.15, -0.1) is 0 Å². The fraction of sp³-hybridized carbons (Fsp3) is 0.222. The number of nitrogens with zero attached hydrogens (tertiary/aromatic N) is 1. The van der Waals surface area contributed by atoms with Crippen LogP contribution in [0.4, 0.5) is 5.69 Å². The van der Waals surface area contributed by atoms with E-state index in [2.05, 4.69) is 5.32 Å². The molecule has 1 heterocycles. The summed E-state index contributed by atoms with van der Waals surface area (Å²) in [5, 5.41) is 3.30. The van der Waals surface area contributed by atoms with Crippen LogP contribution in [0.25, 0.3) is 0 Å². The monoisotopic (exact) mass is 328 g/mol. The molecule has 1 unspecified atom stereocenters. The number of hydrogen-bond acceptors (Lipinski definition) is 2. The molecule has 0 aliphatic carbocycles. The highest BCUT2D eigenvalue weighted by Crippen LogP contribution is 2.25. The van der Waals surface area contributed by atoms with Gasteiger partial charge in [0.15, 0.2) is 0 Å². The SMILES string of the molecule is O=C(Nc1ccccc1Cl)C1CC(=O)N(Cc2ccccc2)C1. The van der Waals surface area contributed by atoms with E-state index in [9.17, 15) is 9.59 Å². The van der Waals surface area contributed by atoms with Crippen molar-refractivity contribution in [2.45, 2.75) is 13.0 Å². The molecule has 1 saturated heterocycles. The van der Waals surface area contributed by atoms with Gasteiger partial charge < -0.3 is 10.2 Å². The van der Waals surface area contributed by atoms with Gasteiger partial charge in [-0.3, -0.25) is 9.59 Å². The maximum atomic E-state index is 12.4. The molecule has 1 aliphatic rings. The van der Waals surface area contributed by atoms with E-state index >= 15 is 0 Å². The Hall–Kier alpha value is -2.33. The van der Waals surface area contributed by atoms with Gasteiger partial charge in [0.2, 0.25) is 11.8 Å². The summed E-state index contributed by atoms with van der Waals surface area (Å²) < 4.78 is 0. The zero-order valence-corrected chi connectivity index (χ0v) is 13.3. The summed E-state index contributed by atoms with van der Waals surface area (Å²) >= 11 is 6.05. The summed E-state index contributed by atoms with van der Waals surface area (Å²) in [6, 6.07) is 16.9. The number of para-hydroxylation sites is 1. The lowest BCUT2D eigenvalue weighted by Gasteiger charge is -2.16. The molecule has 4 nitrogen and oxygen atoms in total. The van der Waals surface area contributed by atoms with E-state index in [0.29, 0.717) is 23.8 Å². The Morgan fingerprint density at radius 2 is 1.83 bits per heavy atom. The molecule has 5 heteroatoms. The first-order valence-corrected chi connectivity index (χ1v) is 7.88. The molecule has 1 atom stereocenters. The number of carbonyl (C=O) groups excluding carboxylic acids is 2. The van der Waals surface area contributed by atoms with Gasteiger partial charge in [0.05, 0.1) is 16.6 Å². The van der Waals surface area contributed by atoms with E-state index in [4.69, 9.17) is 11.6 Å². The van der Waals surface area contributed by atoms with Crippen LogP contribution in [-0.4, -0.2) is 23.3 Å². The number of amides is 2. The first-order valence-electron chi connectivity index (χ1n) is 7.50. The van der Waals surface area contributed by atoms with Gasteiger partial charge in [0, 0.05) is 19.5 Å². The van der Waals surface area contributed by atoms with Gasteiger partial charge in [-0.1, -0.05) is 54.1 Å². The zero-order chi connectivity index (χ0) is 16.2. The lowest BCUT2D eigenvalue weighted by molar-refractivity contribution is -0.128. The Morgan fingerprint density at radius 1 is 1.13 bits per heavy atom. The second-order valence-electron chi connectivity index (χ2n) is 5.63. The highest BCUT2D eigenvalue weighted by molar-refractivity contribution is 6.33. The molecule has 0 bridgehead atoms. The van der Waals surface area contributed by atoms with Gasteiger partial charge in [-0.05, 0) is 17.7 Å². The highest BCUT2D eigenvalue weighted by atomic mass is 35.5. The second kappa shape index (κ2) is 6.84. The van der Waals surface area contributed by atoms with Crippen molar-refractivity contribution in [1.29, 1.82) is 0 Å². The molecule has 0 spiro atoms. The van der Waals surface area contributed by atoms with Gasteiger partial charge in [0.25, 0.3) is 0 Å². The second-order valence-corrected chi connectivity index (χ2v) is 6.04. The van der Waals surface area contributed by atoms with Crippen molar-refractivity contribution in [3.05, 3.63) is 65.2 Å². The van der Waals surface area contributed by atoms with Crippen molar-refractivity contribution in [3.63, 3.8) is 0 Å². The molecule has 118 valence electrons. The molecule has 0 saturated carbocycles. The maximum absolute atomic E-state index is 12.4. The summed E-state index contributed by atoms with van der Waals surface area (Å²) in [5.41, 5.74) is 1.64. The molecule has 3 rings (SSSR count). The Morgan fingerprint density at radius 3 is 2.57 bits per heavy atom. The lowest BCUT2D eigenvalue weighted by atomic mass is 10.1. The number of likely N-dealkylation sites (tertiary alicyclic amines) is 1. The topological polar surface area (TPSA) is 49.4 Å². The number of benzene rings is 2. The Kier molecular flexibility index (Phi) is 4.63. The molecule has 2 aromatic carbocycles. The van der Waals surface area contributed by atoms with Crippen molar-refractivity contribution in [3.8, 4) is 0 Å². The fourth-order valence-electron chi connectivity index (χ4n) is 2.70. The Labute approximate surface area is 140 Å². The number of carbonyl (C=O) groups is 2. The van der Waals surface area contributed by atoms with Crippen LogP contribution in [0.2, 0.25) is 5.02 Å². The van der Waals surface area contributed by atoms with Crippen LogP contribution < -0.4 is 5.32 Å². The van der Waals surface area contributed by atoms with Crippen LogP contribution in [-0.2, 0) is 16.1 Å². The molecule has 1 N–H and O–H groups in total. The van der Waals surface area contributed by atoms with E-state index in [-0.39, 0.29) is 24.2 Å². The van der Waals surface area contributed by atoms with Crippen molar-refractivity contribution in [2.24, 2.45) is 5.92 Å². The number of rotatable bonds is 4. The van der Waals surface area contributed by atoms with E-state index in [1.54, 1.807) is 23.1 Å². The van der Waals surface area contributed by atoms with Gasteiger partial charge >= 0.3 is 0 Å². The molecule has 2 amide bonds. The van der Waals surface area contributed by atoms with E-state index < -0.39 is 0 Å². The van der Waals surface area contributed by atoms with Crippen LogP contribution in [0.5, 0.6) is 0 Å². The van der Waals surface area contributed by atoms with Gasteiger partial charge in [0.1, 0.15) is 0 Å². The van der Waals surface area contributed by atoms with Gasteiger partial charge in [-0.25, -0.2) is 0 Å². The Bertz CT molecular complexity index is 718. The third-order valence-corrected chi connectivity index (χ3v) is 4.26. The van der Waals surface area contributed by atoms with Crippen LogP contribution in [0.15, 0.2) is 54.6 Å². The van der Waals surface area contributed by atoms with Crippen molar-refractivity contribution < 1.29 is 9.59 Å². The molecule has 0 aromatic heterocycles. The minimum Gasteiger partial charge on any atom is -0.338 e. The van der Waals surface area contributed by atoms with Gasteiger partial charge in [-0.2, -0.15) is 0 Å². The zero-order valence-electron chi connectivity index (χ0n) is 12.5. The largest absolute Gasteiger partial charge is 0.338 e. The molecule has 1 aliphatic heterocycles. The quantitative estimate of drug-likeness (QED) is 0.936. The fourth-order valence-corrected chi connectivity index (χ4v) is 2.88. The van der Waals surface area contributed by atoms with E-state index in [1.807, 2.05) is 36.4 Å². The predicted molar refractivity (Wildman–Crippen MR) is 90.0 cm³/mol. The van der Waals surface area contributed by atoms with Crippen LogP contribution in [0, 0.1) is 5.92 Å². The number of nitrogens with one attached hydrogen (secondary N) is 1. The minimum atomic E-state index is -0.345. The van der Waals surface area contributed by atoms with Crippen LogP contribution >= 0.6 is 11.6 Å². The van der Waals surface area contributed by atoms with E-state index in [1.165, 1.54) is 0 Å². The average molecular weight is 329 g/mol. The molecule has 2 aromatic rings. The smallest absolute Gasteiger partial charge is 0.229 e. The number of halogens is 1. The first-order chi connectivity index (χ1) is 11.1. The predicted octanol–water partition coefficient (Wildman–Crippen LogP) is 3.33. The molecular weight excluding hydrogens is 312 g/mol. The maximum Gasteiger partial charge on any atom is 0.229 e. The molecule has 23 heavy (non-hydrogen) atoms.